The first kappa shape index (κ1) is 11.4. The molecular formula is C11H17NO4. The molecule has 1 saturated carbocycles. The van der Waals surface area contributed by atoms with Gasteiger partial charge in [-0.1, -0.05) is 6.92 Å². The van der Waals surface area contributed by atoms with Gasteiger partial charge in [0, 0.05) is 13.1 Å². The van der Waals surface area contributed by atoms with Gasteiger partial charge in [-0.05, 0) is 18.8 Å². The molecule has 1 heterocycles. The van der Waals surface area contributed by atoms with Crippen LogP contribution in [0.25, 0.3) is 0 Å². The zero-order valence-electron chi connectivity index (χ0n) is 9.30. The number of aliphatic hydroxyl groups excluding tert-OH is 1. The van der Waals surface area contributed by atoms with Crippen molar-refractivity contribution >= 4 is 11.9 Å². The summed E-state index contributed by atoms with van der Waals surface area (Å²) in [5.41, 5.74) is 0. The fourth-order valence-electron chi connectivity index (χ4n) is 2.22. The van der Waals surface area contributed by atoms with Gasteiger partial charge in [0.05, 0.1) is 17.9 Å². The van der Waals surface area contributed by atoms with Crippen molar-refractivity contribution in [1.82, 2.24) is 4.90 Å². The second kappa shape index (κ2) is 4.05. The molecule has 1 aliphatic heterocycles. The zero-order valence-corrected chi connectivity index (χ0v) is 9.30. The third-order valence-electron chi connectivity index (χ3n) is 3.66. The molecule has 4 atom stereocenters. The molecule has 0 radical (unpaired) electrons. The van der Waals surface area contributed by atoms with Gasteiger partial charge in [0.25, 0.3) is 0 Å². The number of hydrogen-bond donors (Lipinski definition) is 2. The largest absolute Gasteiger partial charge is 0.481 e. The van der Waals surface area contributed by atoms with Crippen LogP contribution in [-0.4, -0.2) is 46.2 Å². The number of carboxylic acid groups (broad SMARTS) is 1. The van der Waals surface area contributed by atoms with E-state index < -0.39 is 18.0 Å². The highest BCUT2D eigenvalue weighted by Gasteiger charge is 2.50. The number of carbonyl (C=O) groups is 2. The average Bonchev–Trinajstić information content (AvgIpc) is 3.01. The molecule has 0 aromatic heterocycles. The molecule has 2 aliphatic rings. The second-order valence-electron chi connectivity index (χ2n) is 4.90. The molecule has 0 aromatic rings. The topological polar surface area (TPSA) is 77.8 Å². The number of rotatable bonds is 2. The molecule has 4 unspecified atom stereocenters. The minimum absolute atomic E-state index is 0.0987. The highest BCUT2D eigenvalue weighted by Crippen LogP contribution is 2.40. The molecule has 1 aliphatic carbocycles. The molecule has 16 heavy (non-hydrogen) atoms. The smallest absolute Gasteiger partial charge is 0.307 e. The monoisotopic (exact) mass is 227 g/mol. The molecule has 2 rings (SSSR count). The lowest BCUT2D eigenvalue weighted by atomic mass is 9.96. The Balaban J connectivity index is 1.90. The van der Waals surface area contributed by atoms with Crippen LogP contribution < -0.4 is 0 Å². The maximum absolute atomic E-state index is 11.9. The van der Waals surface area contributed by atoms with E-state index in [0.29, 0.717) is 19.5 Å². The number of hydrogen-bond acceptors (Lipinski definition) is 3. The molecule has 90 valence electrons. The van der Waals surface area contributed by atoms with Crippen molar-refractivity contribution < 1.29 is 19.8 Å². The van der Waals surface area contributed by atoms with Crippen LogP contribution in [0.1, 0.15) is 19.8 Å². The maximum Gasteiger partial charge on any atom is 0.307 e. The number of amides is 1. The number of nitrogens with zero attached hydrogens (tertiary/aromatic N) is 1. The Bertz CT molecular complexity index is 317. The van der Waals surface area contributed by atoms with Gasteiger partial charge < -0.3 is 15.1 Å². The van der Waals surface area contributed by atoms with Crippen LogP contribution in [0.2, 0.25) is 0 Å². The van der Waals surface area contributed by atoms with E-state index in [0.717, 1.165) is 6.42 Å². The van der Waals surface area contributed by atoms with Gasteiger partial charge in [-0.2, -0.15) is 0 Å². The van der Waals surface area contributed by atoms with Crippen LogP contribution in [0, 0.1) is 17.8 Å². The SMILES string of the molecule is CC1CCN(C(=O)C2CC2C(=O)O)CC1O. The van der Waals surface area contributed by atoms with E-state index in [4.69, 9.17) is 5.11 Å². The van der Waals surface area contributed by atoms with Crippen molar-refractivity contribution in [1.29, 1.82) is 0 Å². The number of aliphatic hydroxyl groups is 1. The quantitative estimate of drug-likeness (QED) is 0.692. The molecular weight excluding hydrogens is 210 g/mol. The highest BCUT2D eigenvalue weighted by atomic mass is 16.4. The van der Waals surface area contributed by atoms with Crippen molar-refractivity contribution in [2.45, 2.75) is 25.9 Å². The molecule has 2 N–H and O–H groups in total. The van der Waals surface area contributed by atoms with Gasteiger partial charge in [-0.3, -0.25) is 9.59 Å². The summed E-state index contributed by atoms with van der Waals surface area (Å²) in [5, 5.41) is 18.4. The average molecular weight is 227 g/mol. The van der Waals surface area contributed by atoms with Gasteiger partial charge in [-0.25, -0.2) is 0 Å². The molecule has 5 nitrogen and oxygen atoms in total. The van der Waals surface area contributed by atoms with Crippen LogP contribution in [0.15, 0.2) is 0 Å². The van der Waals surface area contributed by atoms with E-state index in [1.165, 1.54) is 0 Å². The summed E-state index contributed by atoms with van der Waals surface area (Å²) in [4.78, 5) is 24.1. The standard InChI is InChI=1S/C11H17NO4/c1-6-2-3-12(5-9(6)13)10(14)7-4-8(7)11(15)16/h6-9,13H,2-5H2,1H3,(H,15,16). The number of piperidine rings is 1. The van der Waals surface area contributed by atoms with E-state index in [1.807, 2.05) is 6.92 Å². The maximum atomic E-state index is 11.9. The zero-order chi connectivity index (χ0) is 11.9. The Morgan fingerprint density at radius 3 is 2.50 bits per heavy atom. The molecule has 0 spiro atoms. The molecule has 1 saturated heterocycles. The van der Waals surface area contributed by atoms with Crippen LogP contribution in [0.5, 0.6) is 0 Å². The van der Waals surface area contributed by atoms with E-state index in [2.05, 4.69) is 0 Å². The minimum atomic E-state index is -0.885. The number of β-amino-alcohol motifs (C(OH)–C–C–N with tert-alkyl or cyclic N) is 1. The van der Waals surface area contributed by atoms with Crippen LogP contribution in [0.3, 0.4) is 0 Å². The molecule has 0 bridgehead atoms. The van der Waals surface area contributed by atoms with Gasteiger partial charge in [0.1, 0.15) is 0 Å². The van der Waals surface area contributed by atoms with Gasteiger partial charge >= 0.3 is 5.97 Å². The van der Waals surface area contributed by atoms with Crippen molar-refractivity contribution in [2.24, 2.45) is 17.8 Å². The summed E-state index contributed by atoms with van der Waals surface area (Å²) in [6.07, 6.45) is 0.771. The normalized spacial score (nSPS) is 38.2. The van der Waals surface area contributed by atoms with Crippen molar-refractivity contribution in [2.75, 3.05) is 13.1 Å². The Labute approximate surface area is 94.0 Å². The predicted molar refractivity (Wildman–Crippen MR) is 55.6 cm³/mol. The fourth-order valence-corrected chi connectivity index (χ4v) is 2.22. The molecule has 2 fully saturated rings. The summed E-state index contributed by atoms with van der Waals surface area (Å²) in [6, 6.07) is 0. The second-order valence-corrected chi connectivity index (χ2v) is 4.90. The Morgan fingerprint density at radius 2 is 2.00 bits per heavy atom. The first-order valence-electron chi connectivity index (χ1n) is 5.70. The Morgan fingerprint density at radius 1 is 1.31 bits per heavy atom. The fraction of sp³-hybridized carbons (Fsp3) is 0.818. The summed E-state index contributed by atoms with van der Waals surface area (Å²) in [5.74, 6) is -1.61. The van der Waals surface area contributed by atoms with Gasteiger partial charge in [-0.15, -0.1) is 0 Å². The van der Waals surface area contributed by atoms with Crippen molar-refractivity contribution in [3.8, 4) is 0 Å². The predicted octanol–water partition coefficient (Wildman–Crippen LogP) is -0.0636. The lowest BCUT2D eigenvalue weighted by Crippen LogP contribution is -2.46. The van der Waals surface area contributed by atoms with E-state index in [1.54, 1.807) is 4.90 Å². The molecule has 1 amide bonds. The number of likely N-dealkylation sites (tertiary alicyclic amines) is 1. The Hall–Kier alpha value is -1.10. The van der Waals surface area contributed by atoms with Gasteiger partial charge in [0.15, 0.2) is 0 Å². The summed E-state index contributed by atoms with van der Waals surface area (Å²) in [6.45, 7) is 2.95. The third-order valence-corrected chi connectivity index (χ3v) is 3.66. The summed E-state index contributed by atoms with van der Waals surface area (Å²) < 4.78 is 0. The van der Waals surface area contributed by atoms with Gasteiger partial charge in [0.2, 0.25) is 5.91 Å². The first-order valence-corrected chi connectivity index (χ1v) is 5.70. The first-order chi connectivity index (χ1) is 7.50. The van der Waals surface area contributed by atoms with Crippen LogP contribution in [0.4, 0.5) is 0 Å². The highest BCUT2D eigenvalue weighted by molar-refractivity contribution is 5.89. The summed E-state index contributed by atoms with van der Waals surface area (Å²) >= 11 is 0. The van der Waals surface area contributed by atoms with E-state index in [9.17, 15) is 14.7 Å². The molecule has 5 heteroatoms. The third kappa shape index (κ3) is 2.04. The van der Waals surface area contributed by atoms with Crippen molar-refractivity contribution in [3.63, 3.8) is 0 Å². The van der Waals surface area contributed by atoms with E-state index in [-0.39, 0.29) is 17.7 Å². The lowest BCUT2D eigenvalue weighted by molar-refractivity contribution is -0.143. The van der Waals surface area contributed by atoms with Crippen LogP contribution >= 0.6 is 0 Å². The molecule has 0 aromatic carbocycles. The Kier molecular flexibility index (Phi) is 2.88. The number of carbonyl (C=O) groups excluding carboxylic acids is 1. The summed E-state index contributed by atoms with van der Waals surface area (Å²) in [7, 11) is 0. The number of aliphatic carboxylic acids is 1. The van der Waals surface area contributed by atoms with Crippen molar-refractivity contribution in [3.05, 3.63) is 0 Å². The van der Waals surface area contributed by atoms with Crippen LogP contribution in [-0.2, 0) is 9.59 Å². The number of carboxylic acids is 1. The van der Waals surface area contributed by atoms with E-state index >= 15 is 0 Å². The minimum Gasteiger partial charge on any atom is -0.481 e. The lowest BCUT2D eigenvalue weighted by Gasteiger charge is -2.34.